The maximum atomic E-state index is 6.02. The Bertz CT molecular complexity index is 583. The number of aryl methyl sites for hydroxylation is 1. The molecule has 1 heterocycles. The second kappa shape index (κ2) is 5.31. The van der Waals surface area contributed by atoms with E-state index in [0.717, 1.165) is 28.8 Å². The zero-order valence-electron chi connectivity index (χ0n) is 10.5. The van der Waals surface area contributed by atoms with Crippen LogP contribution in [0.5, 0.6) is 5.75 Å². The highest BCUT2D eigenvalue weighted by Gasteiger charge is 2.19. The van der Waals surface area contributed by atoms with Crippen LogP contribution in [0.4, 0.5) is 0 Å². The van der Waals surface area contributed by atoms with Crippen molar-refractivity contribution in [2.75, 3.05) is 0 Å². The molecule has 19 heavy (non-hydrogen) atoms. The number of fused-ring (bicyclic) bond motifs is 1. The predicted molar refractivity (Wildman–Crippen MR) is 78.0 cm³/mol. The molecule has 0 radical (unpaired) electrons. The van der Waals surface area contributed by atoms with E-state index in [1.165, 1.54) is 11.1 Å². The van der Waals surface area contributed by atoms with E-state index in [4.69, 9.17) is 10.5 Å². The van der Waals surface area contributed by atoms with Crippen molar-refractivity contribution in [2.45, 2.75) is 25.5 Å². The number of nitrogens with zero attached hydrogens (tertiary/aromatic N) is 1. The maximum absolute atomic E-state index is 6.02. The van der Waals surface area contributed by atoms with Gasteiger partial charge in [0, 0.05) is 16.7 Å². The molecule has 1 aromatic heterocycles. The highest BCUT2D eigenvalue weighted by molar-refractivity contribution is 9.10. The fourth-order valence-electron chi connectivity index (χ4n) is 2.37. The first-order valence-corrected chi connectivity index (χ1v) is 7.13. The lowest BCUT2D eigenvalue weighted by Crippen LogP contribution is -2.05. The van der Waals surface area contributed by atoms with E-state index in [1.54, 1.807) is 6.20 Å². The number of ether oxygens (including phenoxy) is 1. The van der Waals surface area contributed by atoms with Gasteiger partial charge >= 0.3 is 0 Å². The number of rotatable bonds is 3. The van der Waals surface area contributed by atoms with Gasteiger partial charge < -0.3 is 10.5 Å². The van der Waals surface area contributed by atoms with Crippen LogP contribution in [0.2, 0.25) is 0 Å². The molecular weight excluding hydrogens is 304 g/mol. The topological polar surface area (TPSA) is 48.1 Å². The third-order valence-corrected chi connectivity index (χ3v) is 3.88. The molecule has 1 aliphatic rings. The quantitative estimate of drug-likeness (QED) is 0.943. The maximum Gasteiger partial charge on any atom is 0.130 e. The summed E-state index contributed by atoms with van der Waals surface area (Å²) in [6, 6.07) is 10.3. The third-order valence-electron chi connectivity index (χ3n) is 3.41. The summed E-state index contributed by atoms with van der Waals surface area (Å²) in [5.74, 6) is 0.887. The lowest BCUT2D eigenvalue weighted by atomic mass is 10.1. The van der Waals surface area contributed by atoms with Gasteiger partial charge in [-0.05, 0) is 64.2 Å². The number of pyridine rings is 1. The molecule has 1 aromatic carbocycles. The molecule has 0 spiro atoms. The molecule has 0 aliphatic heterocycles. The minimum absolute atomic E-state index is 0.192. The molecule has 2 N–H and O–H groups in total. The molecule has 4 heteroatoms. The average Bonchev–Trinajstić information content (AvgIpc) is 2.79. The summed E-state index contributed by atoms with van der Waals surface area (Å²) in [7, 11) is 0. The van der Waals surface area contributed by atoms with Crippen LogP contribution < -0.4 is 10.5 Å². The Labute approximate surface area is 120 Å². The number of halogens is 1. The van der Waals surface area contributed by atoms with Crippen LogP contribution in [0.25, 0.3) is 0 Å². The molecule has 1 atom stereocenters. The van der Waals surface area contributed by atoms with E-state index >= 15 is 0 Å². The summed E-state index contributed by atoms with van der Waals surface area (Å²) in [6.07, 6.45) is 3.86. The van der Waals surface area contributed by atoms with Crippen molar-refractivity contribution in [1.82, 2.24) is 4.98 Å². The van der Waals surface area contributed by atoms with E-state index in [1.807, 2.05) is 18.2 Å². The van der Waals surface area contributed by atoms with Gasteiger partial charge in [0.2, 0.25) is 0 Å². The van der Waals surface area contributed by atoms with E-state index < -0.39 is 0 Å². The Morgan fingerprint density at radius 1 is 1.32 bits per heavy atom. The van der Waals surface area contributed by atoms with Crippen LogP contribution in [0.15, 0.2) is 41.0 Å². The summed E-state index contributed by atoms with van der Waals surface area (Å²) < 4.78 is 6.75. The Balaban J connectivity index is 1.69. The molecule has 0 saturated carbocycles. The van der Waals surface area contributed by atoms with Crippen molar-refractivity contribution in [3.8, 4) is 5.75 Å². The Morgan fingerprint density at radius 2 is 2.21 bits per heavy atom. The standard InChI is InChI=1S/C15H15BrN2O/c16-11-2-3-12(18-8-11)9-19-13-4-5-14-10(7-13)1-6-15(14)17/h2-5,7-8,15H,1,6,9,17H2. The Hall–Kier alpha value is -1.39. The lowest BCUT2D eigenvalue weighted by Gasteiger charge is -2.09. The van der Waals surface area contributed by atoms with Crippen molar-refractivity contribution in [3.63, 3.8) is 0 Å². The van der Waals surface area contributed by atoms with E-state index in [0.29, 0.717) is 6.61 Å². The molecule has 1 unspecified atom stereocenters. The SMILES string of the molecule is NC1CCc2cc(OCc3ccc(Br)cn3)ccc21. The molecule has 98 valence electrons. The number of benzene rings is 1. The van der Waals surface area contributed by atoms with Crippen molar-refractivity contribution in [2.24, 2.45) is 5.73 Å². The second-order valence-corrected chi connectivity index (χ2v) is 5.68. The molecule has 0 fully saturated rings. The largest absolute Gasteiger partial charge is 0.487 e. The minimum atomic E-state index is 0.192. The summed E-state index contributed by atoms with van der Waals surface area (Å²) >= 11 is 3.37. The van der Waals surface area contributed by atoms with Crippen LogP contribution >= 0.6 is 15.9 Å². The van der Waals surface area contributed by atoms with Crippen LogP contribution in [-0.2, 0) is 13.0 Å². The highest BCUT2D eigenvalue weighted by atomic mass is 79.9. The van der Waals surface area contributed by atoms with Gasteiger partial charge in [-0.15, -0.1) is 0 Å². The summed E-state index contributed by atoms with van der Waals surface area (Å²) in [6.45, 7) is 0.484. The van der Waals surface area contributed by atoms with Crippen LogP contribution in [0.1, 0.15) is 29.3 Å². The van der Waals surface area contributed by atoms with Crippen molar-refractivity contribution in [1.29, 1.82) is 0 Å². The normalized spacial score (nSPS) is 17.3. The monoisotopic (exact) mass is 318 g/mol. The first kappa shape index (κ1) is 12.6. The highest BCUT2D eigenvalue weighted by Crippen LogP contribution is 2.31. The number of aromatic nitrogens is 1. The molecule has 0 saturated heterocycles. The van der Waals surface area contributed by atoms with Crippen molar-refractivity contribution < 1.29 is 4.74 Å². The van der Waals surface area contributed by atoms with Crippen molar-refractivity contribution >= 4 is 15.9 Å². The number of nitrogens with two attached hydrogens (primary N) is 1. The lowest BCUT2D eigenvalue weighted by molar-refractivity contribution is 0.301. The molecule has 0 bridgehead atoms. The fourth-order valence-corrected chi connectivity index (χ4v) is 2.60. The number of hydrogen-bond donors (Lipinski definition) is 1. The zero-order chi connectivity index (χ0) is 13.2. The fraction of sp³-hybridized carbons (Fsp3) is 0.267. The summed E-state index contributed by atoms with van der Waals surface area (Å²) in [5.41, 5.74) is 9.51. The van der Waals surface area contributed by atoms with Crippen molar-refractivity contribution in [3.05, 3.63) is 57.8 Å². The smallest absolute Gasteiger partial charge is 0.130 e. The van der Waals surface area contributed by atoms with E-state index in [2.05, 4.69) is 33.0 Å². The van der Waals surface area contributed by atoms with Gasteiger partial charge in [0.1, 0.15) is 12.4 Å². The first-order chi connectivity index (χ1) is 9.22. The summed E-state index contributed by atoms with van der Waals surface area (Å²) in [4.78, 5) is 4.29. The molecule has 3 nitrogen and oxygen atoms in total. The van der Waals surface area contributed by atoms with Gasteiger partial charge in [-0.1, -0.05) is 6.07 Å². The second-order valence-electron chi connectivity index (χ2n) is 4.76. The van der Waals surface area contributed by atoms with E-state index in [-0.39, 0.29) is 6.04 Å². The Kier molecular flexibility index (Phi) is 3.53. The van der Waals surface area contributed by atoms with Gasteiger partial charge in [0.05, 0.1) is 5.69 Å². The van der Waals surface area contributed by atoms with Gasteiger partial charge in [0.15, 0.2) is 0 Å². The first-order valence-electron chi connectivity index (χ1n) is 6.34. The van der Waals surface area contributed by atoms with Gasteiger partial charge in [0.25, 0.3) is 0 Å². The van der Waals surface area contributed by atoms with Crippen LogP contribution in [-0.4, -0.2) is 4.98 Å². The van der Waals surface area contributed by atoms with Crippen LogP contribution in [0.3, 0.4) is 0 Å². The molecule has 2 aromatic rings. The minimum Gasteiger partial charge on any atom is -0.487 e. The van der Waals surface area contributed by atoms with Gasteiger partial charge in [-0.2, -0.15) is 0 Å². The average molecular weight is 319 g/mol. The molecule has 3 rings (SSSR count). The Morgan fingerprint density at radius 3 is 3.00 bits per heavy atom. The number of hydrogen-bond acceptors (Lipinski definition) is 3. The zero-order valence-corrected chi connectivity index (χ0v) is 12.1. The molecule has 0 amide bonds. The van der Waals surface area contributed by atoms with Gasteiger partial charge in [-0.25, -0.2) is 0 Å². The summed E-state index contributed by atoms with van der Waals surface area (Å²) in [5, 5.41) is 0. The third kappa shape index (κ3) is 2.80. The molecule has 1 aliphatic carbocycles. The molecular formula is C15H15BrN2O. The van der Waals surface area contributed by atoms with Crippen LogP contribution in [0, 0.1) is 0 Å². The van der Waals surface area contributed by atoms with E-state index in [9.17, 15) is 0 Å². The predicted octanol–water partition coefficient (Wildman–Crippen LogP) is 3.37. The van der Waals surface area contributed by atoms with Gasteiger partial charge in [-0.3, -0.25) is 4.98 Å².